The molecule has 0 aromatic carbocycles. The molecule has 0 amide bonds. The van der Waals surface area contributed by atoms with Gasteiger partial charge in [0, 0.05) is 6.42 Å². The van der Waals surface area contributed by atoms with Crippen LogP contribution in [-0.4, -0.2) is 54.1 Å². The molecule has 0 aliphatic heterocycles. The second kappa shape index (κ2) is 19.4. The molecule has 0 aliphatic rings. The number of ether oxygens (including phenoxy) is 1. The molecule has 0 saturated heterocycles. The van der Waals surface area contributed by atoms with Gasteiger partial charge in [0.2, 0.25) is 0 Å². The first-order valence-electron chi connectivity index (χ1n) is 9.32. The van der Waals surface area contributed by atoms with Gasteiger partial charge < -0.3 is 16.2 Å². The molecule has 0 saturated carbocycles. The summed E-state index contributed by atoms with van der Waals surface area (Å²) in [6, 6.07) is -0.714. The second-order valence-electron chi connectivity index (χ2n) is 6.26. The zero-order chi connectivity index (χ0) is 17.3. The van der Waals surface area contributed by atoms with Gasteiger partial charge in [-0.05, 0) is 25.8 Å². The Labute approximate surface area is 169 Å². The monoisotopic (exact) mass is 352 g/mol. The molecule has 0 aromatic heterocycles. The van der Waals surface area contributed by atoms with Crippen molar-refractivity contribution in [3.63, 3.8) is 0 Å². The van der Waals surface area contributed by atoms with E-state index in [9.17, 15) is 9.59 Å². The van der Waals surface area contributed by atoms with Crippen LogP contribution in [0.1, 0.15) is 90.4 Å². The van der Waals surface area contributed by atoms with Crippen LogP contribution in [0.3, 0.4) is 0 Å². The molecule has 0 aliphatic carbocycles. The van der Waals surface area contributed by atoms with Crippen LogP contribution in [0.4, 0.5) is 0 Å². The number of carbonyl (C=O) groups excluding carboxylic acids is 2. The van der Waals surface area contributed by atoms with E-state index in [0.717, 1.165) is 32.1 Å². The molecule has 24 heavy (non-hydrogen) atoms. The molecule has 0 rings (SSSR count). The quantitative estimate of drug-likeness (QED) is 0.204. The van der Waals surface area contributed by atoms with E-state index in [1.165, 1.54) is 38.5 Å². The van der Waals surface area contributed by atoms with E-state index >= 15 is 0 Å². The van der Waals surface area contributed by atoms with Gasteiger partial charge >= 0.3 is 41.5 Å². The summed E-state index contributed by atoms with van der Waals surface area (Å²) in [5, 5.41) is 0. The van der Waals surface area contributed by atoms with E-state index in [4.69, 9.17) is 16.2 Å². The summed E-state index contributed by atoms with van der Waals surface area (Å²) >= 11 is 0. The Bertz CT molecular complexity index is 315. The van der Waals surface area contributed by atoms with Crippen LogP contribution in [0, 0.1) is 0 Å². The van der Waals surface area contributed by atoms with Crippen LogP contribution in [-0.2, 0) is 14.3 Å². The Morgan fingerprint density at radius 3 is 1.96 bits per heavy atom. The number of hydrogen-bond donors (Lipinski definition) is 2. The minimum absolute atomic E-state index is 0. The van der Waals surface area contributed by atoms with Gasteiger partial charge in [0.25, 0.3) is 0 Å². The molecule has 0 fully saturated rings. The molecule has 0 heterocycles. The average Bonchev–Trinajstić information content (AvgIpc) is 2.53. The first-order valence-corrected chi connectivity index (χ1v) is 9.32. The Kier molecular flexibility index (Phi) is 21.2. The van der Waals surface area contributed by atoms with Crippen LogP contribution in [0.15, 0.2) is 0 Å². The van der Waals surface area contributed by atoms with Crippen molar-refractivity contribution in [2.75, 3.05) is 6.54 Å². The molecule has 0 unspecified atom stereocenters. The predicted octanol–water partition coefficient (Wildman–Crippen LogP) is 2.78. The fourth-order valence-electron chi connectivity index (χ4n) is 2.45. The number of carbonyl (C=O) groups is 2. The van der Waals surface area contributed by atoms with E-state index in [2.05, 4.69) is 6.92 Å². The SMILES string of the molecule is CCCCCCCCCCCC(=O)OC(=O)[C@@H](N)CCCCN.[NaH]. The van der Waals surface area contributed by atoms with Crippen molar-refractivity contribution in [3.8, 4) is 0 Å². The number of nitrogens with two attached hydrogens (primary N) is 2. The van der Waals surface area contributed by atoms with E-state index in [1.807, 2.05) is 0 Å². The van der Waals surface area contributed by atoms with E-state index in [0.29, 0.717) is 19.4 Å². The first-order chi connectivity index (χ1) is 11.1. The molecule has 6 heteroatoms. The van der Waals surface area contributed by atoms with Gasteiger partial charge in [-0.25, -0.2) is 4.79 Å². The third-order valence-corrected chi connectivity index (χ3v) is 3.97. The Balaban J connectivity index is 0. The molecular weight excluding hydrogens is 315 g/mol. The normalized spacial score (nSPS) is 11.6. The zero-order valence-electron chi connectivity index (χ0n) is 14.9. The van der Waals surface area contributed by atoms with Gasteiger partial charge in [-0.3, -0.25) is 4.79 Å². The summed E-state index contributed by atoms with van der Waals surface area (Å²) in [6.07, 6.45) is 13.1. The van der Waals surface area contributed by atoms with Crippen molar-refractivity contribution in [3.05, 3.63) is 0 Å². The minimum atomic E-state index is -0.714. The molecule has 1 atom stereocenters. The van der Waals surface area contributed by atoms with Crippen molar-refractivity contribution >= 4 is 41.5 Å². The Hall–Kier alpha value is 0.0600. The van der Waals surface area contributed by atoms with E-state index in [-0.39, 0.29) is 29.6 Å². The Morgan fingerprint density at radius 1 is 0.875 bits per heavy atom. The standard InChI is InChI=1S/C18H36N2O3.Na.H/c1-2-3-4-5-6-7-8-9-10-14-17(21)23-18(22)16(20)13-11-12-15-19;;/h16H,2-15,19-20H2,1H3;;/t16-;;/m0../s1. The van der Waals surface area contributed by atoms with Crippen molar-refractivity contribution in [1.29, 1.82) is 0 Å². The van der Waals surface area contributed by atoms with Crippen molar-refractivity contribution in [2.45, 2.75) is 96.4 Å². The second-order valence-corrected chi connectivity index (χ2v) is 6.26. The average molecular weight is 352 g/mol. The third kappa shape index (κ3) is 16.9. The summed E-state index contributed by atoms with van der Waals surface area (Å²) in [5.41, 5.74) is 11.1. The predicted molar refractivity (Wildman–Crippen MR) is 101 cm³/mol. The summed E-state index contributed by atoms with van der Waals surface area (Å²) in [4.78, 5) is 23.2. The molecule has 4 N–H and O–H groups in total. The van der Waals surface area contributed by atoms with Crippen LogP contribution in [0.25, 0.3) is 0 Å². The number of unbranched alkanes of at least 4 members (excludes halogenated alkanes) is 9. The third-order valence-electron chi connectivity index (χ3n) is 3.97. The molecular formula is C18H37N2NaO3. The van der Waals surface area contributed by atoms with Gasteiger partial charge in [-0.2, -0.15) is 0 Å². The first kappa shape index (κ1) is 26.3. The molecule has 0 radical (unpaired) electrons. The van der Waals surface area contributed by atoms with Gasteiger partial charge in [0.05, 0.1) is 0 Å². The van der Waals surface area contributed by atoms with Crippen molar-refractivity contribution in [2.24, 2.45) is 11.5 Å². The summed E-state index contributed by atoms with van der Waals surface area (Å²) < 4.78 is 4.78. The molecule has 0 aromatic rings. The number of esters is 2. The molecule has 5 nitrogen and oxygen atoms in total. The van der Waals surface area contributed by atoms with Crippen LogP contribution >= 0.6 is 0 Å². The zero-order valence-corrected chi connectivity index (χ0v) is 14.9. The van der Waals surface area contributed by atoms with Gasteiger partial charge in [0.15, 0.2) is 0 Å². The topological polar surface area (TPSA) is 95.4 Å². The Morgan fingerprint density at radius 2 is 1.42 bits per heavy atom. The summed E-state index contributed by atoms with van der Waals surface area (Å²) in [7, 11) is 0. The van der Waals surface area contributed by atoms with Crippen LogP contribution < -0.4 is 11.5 Å². The number of hydrogen-bond acceptors (Lipinski definition) is 5. The van der Waals surface area contributed by atoms with Crippen molar-refractivity contribution < 1.29 is 14.3 Å². The van der Waals surface area contributed by atoms with Crippen molar-refractivity contribution in [1.82, 2.24) is 0 Å². The summed E-state index contributed by atoms with van der Waals surface area (Å²) in [6.45, 7) is 2.80. The maximum absolute atomic E-state index is 11.6. The van der Waals surface area contributed by atoms with E-state index < -0.39 is 18.0 Å². The molecule has 0 bridgehead atoms. The van der Waals surface area contributed by atoms with Crippen LogP contribution in [0.2, 0.25) is 0 Å². The fraction of sp³-hybridized carbons (Fsp3) is 0.889. The summed E-state index contributed by atoms with van der Waals surface area (Å²) in [5.74, 6) is -1.06. The fourth-order valence-corrected chi connectivity index (χ4v) is 2.45. The van der Waals surface area contributed by atoms with Crippen LogP contribution in [0.5, 0.6) is 0 Å². The van der Waals surface area contributed by atoms with Gasteiger partial charge in [-0.1, -0.05) is 64.7 Å². The maximum atomic E-state index is 11.6. The number of rotatable bonds is 15. The van der Waals surface area contributed by atoms with Gasteiger partial charge in [-0.15, -0.1) is 0 Å². The molecule has 0 spiro atoms. The molecule has 138 valence electrons. The van der Waals surface area contributed by atoms with Gasteiger partial charge in [0.1, 0.15) is 6.04 Å². The van der Waals surface area contributed by atoms with E-state index in [1.54, 1.807) is 0 Å².